The first-order valence-corrected chi connectivity index (χ1v) is 6.48. The van der Waals surface area contributed by atoms with E-state index in [0.717, 1.165) is 25.0 Å². The number of hydrogen-bond acceptors (Lipinski definition) is 2. The average molecular weight is 236 g/mol. The monoisotopic (exact) mass is 236 g/mol. The Hall–Kier alpha value is -1.25. The number of amides is 1. The lowest BCUT2D eigenvalue weighted by atomic mass is 9.88. The van der Waals surface area contributed by atoms with Crippen LogP contribution >= 0.6 is 0 Å². The minimum Gasteiger partial charge on any atom is -0.403 e. The maximum Gasteiger partial charge on any atom is 0.223 e. The van der Waals surface area contributed by atoms with Gasteiger partial charge in [0, 0.05) is 11.6 Å². The number of allylic oxidation sites excluding steroid dienone is 1. The van der Waals surface area contributed by atoms with Gasteiger partial charge in [-0.15, -0.1) is 6.58 Å². The van der Waals surface area contributed by atoms with E-state index in [1.165, 1.54) is 19.3 Å². The molecule has 3 heteroatoms. The van der Waals surface area contributed by atoms with Gasteiger partial charge in [-0.2, -0.15) is 0 Å². The number of hydrogen-bond donors (Lipinski definition) is 2. The van der Waals surface area contributed by atoms with Crippen LogP contribution in [-0.4, -0.2) is 11.9 Å². The molecule has 0 saturated heterocycles. The van der Waals surface area contributed by atoms with Gasteiger partial charge in [0.2, 0.25) is 5.91 Å². The number of carbonyl (C=O) groups excluding carboxylic acids is 1. The average Bonchev–Trinajstić information content (AvgIpc) is 2.35. The number of nitrogens with two attached hydrogens (primary N) is 1. The SMILES string of the molecule is C=CC(C/C=C(\C)N)NC(=O)C1CCCCC1. The lowest BCUT2D eigenvalue weighted by Gasteiger charge is -2.23. The van der Waals surface area contributed by atoms with Gasteiger partial charge in [-0.1, -0.05) is 31.4 Å². The molecule has 0 spiro atoms. The van der Waals surface area contributed by atoms with E-state index in [2.05, 4.69) is 11.9 Å². The lowest BCUT2D eigenvalue weighted by Crippen LogP contribution is -2.38. The molecule has 96 valence electrons. The van der Waals surface area contributed by atoms with E-state index >= 15 is 0 Å². The molecule has 1 aliphatic carbocycles. The van der Waals surface area contributed by atoms with Crippen molar-refractivity contribution < 1.29 is 4.79 Å². The van der Waals surface area contributed by atoms with Crippen molar-refractivity contribution in [1.82, 2.24) is 5.32 Å². The van der Waals surface area contributed by atoms with Crippen LogP contribution in [0, 0.1) is 5.92 Å². The number of carbonyl (C=O) groups is 1. The fraction of sp³-hybridized carbons (Fsp3) is 0.643. The molecule has 0 bridgehead atoms. The van der Waals surface area contributed by atoms with E-state index in [0.29, 0.717) is 0 Å². The van der Waals surface area contributed by atoms with Gasteiger partial charge in [0.1, 0.15) is 0 Å². The Morgan fingerprint density at radius 2 is 2.12 bits per heavy atom. The van der Waals surface area contributed by atoms with Crippen molar-refractivity contribution >= 4 is 5.91 Å². The van der Waals surface area contributed by atoms with Crippen LogP contribution in [0.2, 0.25) is 0 Å². The summed E-state index contributed by atoms with van der Waals surface area (Å²) >= 11 is 0. The van der Waals surface area contributed by atoms with Crippen LogP contribution in [0.5, 0.6) is 0 Å². The van der Waals surface area contributed by atoms with Gasteiger partial charge in [0.25, 0.3) is 0 Å². The second-order valence-electron chi connectivity index (χ2n) is 4.87. The van der Waals surface area contributed by atoms with Crippen LogP contribution in [0.1, 0.15) is 45.4 Å². The third-order valence-electron chi connectivity index (χ3n) is 3.28. The van der Waals surface area contributed by atoms with Crippen molar-refractivity contribution in [3.63, 3.8) is 0 Å². The molecular formula is C14H24N2O. The van der Waals surface area contributed by atoms with Crippen molar-refractivity contribution in [3.05, 3.63) is 24.4 Å². The zero-order valence-corrected chi connectivity index (χ0v) is 10.7. The highest BCUT2D eigenvalue weighted by Crippen LogP contribution is 2.23. The Kier molecular flexibility index (Phi) is 5.81. The second-order valence-corrected chi connectivity index (χ2v) is 4.87. The second kappa shape index (κ2) is 7.15. The molecule has 0 radical (unpaired) electrons. The van der Waals surface area contributed by atoms with Gasteiger partial charge in [0.15, 0.2) is 0 Å². The molecule has 3 N–H and O–H groups in total. The molecule has 1 unspecified atom stereocenters. The summed E-state index contributed by atoms with van der Waals surface area (Å²) < 4.78 is 0. The smallest absolute Gasteiger partial charge is 0.223 e. The van der Waals surface area contributed by atoms with Gasteiger partial charge in [-0.05, 0) is 26.2 Å². The van der Waals surface area contributed by atoms with E-state index in [1.54, 1.807) is 6.08 Å². The van der Waals surface area contributed by atoms with Crippen LogP contribution in [0.15, 0.2) is 24.4 Å². The molecule has 1 atom stereocenters. The Morgan fingerprint density at radius 3 is 2.65 bits per heavy atom. The largest absolute Gasteiger partial charge is 0.403 e. The Labute approximate surface area is 104 Å². The molecule has 1 amide bonds. The highest BCUT2D eigenvalue weighted by molar-refractivity contribution is 5.79. The van der Waals surface area contributed by atoms with Gasteiger partial charge in [-0.3, -0.25) is 4.79 Å². The van der Waals surface area contributed by atoms with E-state index < -0.39 is 0 Å². The third kappa shape index (κ3) is 5.07. The van der Waals surface area contributed by atoms with Crippen molar-refractivity contribution in [2.75, 3.05) is 0 Å². The molecule has 0 aromatic heterocycles. The first-order valence-electron chi connectivity index (χ1n) is 6.48. The van der Waals surface area contributed by atoms with E-state index in [9.17, 15) is 4.79 Å². The maximum atomic E-state index is 12.0. The summed E-state index contributed by atoms with van der Waals surface area (Å²) in [6.07, 6.45) is 10.1. The summed E-state index contributed by atoms with van der Waals surface area (Å²) in [5.74, 6) is 0.381. The van der Waals surface area contributed by atoms with Gasteiger partial charge in [0.05, 0.1) is 6.04 Å². The molecule has 1 aliphatic rings. The molecule has 1 saturated carbocycles. The fourth-order valence-electron chi connectivity index (χ4n) is 2.19. The molecule has 0 aliphatic heterocycles. The first kappa shape index (κ1) is 13.8. The summed E-state index contributed by atoms with van der Waals surface area (Å²) in [5.41, 5.74) is 6.36. The zero-order valence-electron chi connectivity index (χ0n) is 10.7. The van der Waals surface area contributed by atoms with E-state index in [4.69, 9.17) is 5.73 Å². The highest BCUT2D eigenvalue weighted by Gasteiger charge is 2.22. The summed E-state index contributed by atoms with van der Waals surface area (Å²) in [6, 6.07) is 0.00271. The highest BCUT2D eigenvalue weighted by atomic mass is 16.1. The predicted molar refractivity (Wildman–Crippen MR) is 71.3 cm³/mol. The fourth-order valence-corrected chi connectivity index (χ4v) is 2.19. The van der Waals surface area contributed by atoms with Crippen LogP contribution in [0.4, 0.5) is 0 Å². The molecule has 17 heavy (non-hydrogen) atoms. The summed E-state index contributed by atoms with van der Waals surface area (Å²) in [5, 5.41) is 3.03. The van der Waals surface area contributed by atoms with E-state index in [1.807, 2.05) is 13.0 Å². The van der Waals surface area contributed by atoms with E-state index in [-0.39, 0.29) is 17.9 Å². The van der Waals surface area contributed by atoms with Crippen LogP contribution in [0.25, 0.3) is 0 Å². The lowest BCUT2D eigenvalue weighted by molar-refractivity contribution is -0.126. The topological polar surface area (TPSA) is 55.1 Å². The van der Waals surface area contributed by atoms with Crippen LogP contribution in [-0.2, 0) is 4.79 Å². The molecule has 1 rings (SSSR count). The summed E-state index contributed by atoms with van der Waals surface area (Å²) in [4.78, 5) is 12.0. The molecule has 0 heterocycles. The quantitative estimate of drug-likeness (QED) is 0.721. The Bertz CT molecular complexity index is 287. The predicted octanol–water partition coefficient (Wildman–Crippen LogP) is 2.49. The minimum atomic E-state index is 0.00271. The molecule has 1 fully saturated rings. The normalized spacial score (nSPS) is 19.7. The van der Waals surface area contributed by atoms with Crippen LogP contribution < -0.4 is 11.1 Å². The van der Waals surface area contributed by atoms with Gasteiger partial charge in [-0.25, -0.2) is 0 Å². The Balaban J connectivity index is 2.41. The van der Waals surface area contributed by atoms with Crippen molar-refractivity contribution in [3.8, 4) is 0 Å². The van der Waals surface area contributed by atoms with Crippen molar-refractivity contribution in [2.45, 2.75) is 51.5 Å². The molecule has 0 aromatic carbocycles. The summed E-state index contributed by atoms with van der Waals surface area (Å²) in [6.45, 7) is 5.60. The Morgan fingerprint density at radius 1 is 1.47 bits per heavy atom. The van der Waals surface area contributed by atoms with Gasteiger partial charge >= 0.3 is 0 Å². The van der Waals surface area contributed by atoms with Crippen molar-refractivity contribution in [2.24, 2.45) is 11.7 Å². The van der Waals surface area contributed by atoms with Crippen LogP contribution in [0.3, 0.4) is 0 Å². The zero-order chi connectivity index (χ0) is 12.7. The van der Waals surface area contributed by atoms with Gasteiger partial charge < -0.3 is 11.1 Å². The van der Waals surface area contributed by atoms with Crippen molar-refractivity contribution in [1.29, 1.82) is 0 Å². The molecular weight excluding hydrogens is 212 g/mol. The standard InChI is InChI=1S/C14H24N2O/c1-3-13(10-9-11(2)15)16-14(17)12-7-5-4-6-8-12/h3,9,12-13H,1,4-8,10,15H2,2H3,(H,16,17)/b11-9+. The number of rotatable bonds is 5. The molecule has 3 nitrogen and oxygen atoms in total. The molecule has 0 aromatic rings. The first-order chi connectivity index (χ1) is 8.13. The summed E-state index contributed by atoms with van der Waals surface area (Å²) in [7, 11) is 0. The number of nitrogens with one attached hydrogen (secondary N) is 1. The minimum absolute atomic E-state index is 0.00271. The third-order valence-corrected chi connectivity index (χ3v) is 3.28. The maximum absolute atomic E-state index is 12.0.